The average molecular weight is 368 g/mol. The number of anilines is 1. The summed E-state index contributed by atoms with van der Waals surface area (Å²) in [7, 11) is 0. The Kier molecular flexibility index (Phi) is 6.61. The summed E-state index contributed by atoms with van der Waals surface area (Å²) in [5.74, 6) is -0.309. The molecule has 0 heterocycles. The molecule has 2 rings (SSSR count). The van der Waals surface area contributed by atoms with Gasteiger partial charge in [-0.1, -0.05) is 55.5 Å². The second-order valence-corrected chi connectivity index (χ2v) is 7.44. The maximum atomic E-state index is 13.1. The lowest BCUT2D eigenvalue weighted by molar-refractivity contribution is -0.118. The average Bonchev–Trinajstić information content (AvgIpc) is 2.60. The van der Waals surface area contributed by atoms with Gasteiger partial charge >= 0.3 is 6.09 Å². The first-order valence-electron chi connectivity index (χ1n) is 9.15. The Labute approximate surface area is 161 Å². The third-order valence-electron chi connectivity index (χ3n) is 4.04. The highest BCUT2D eigenvalue weighted by atomic mass is 16.6. The molecule has 0 fully saturated rings. The monoisotopic (exact) mass is 368 g/mol. The standard InChI is InChI=1S/C22H28N2O3/c1-6-16-14-10-11-15(2)18(16)23-20(25)19(17-12-8-7-9-13-17)24-21(26)27-22(3,4)5/h7-14,19H,6H2,1-5H3,(H,23,25)(H,24,26). The van der Waals surface area contributed by atoms with Gasteiger partial charge in [-0.2, -0.15) is 0 Å². The lowest BCUT2D eigenvalue weighted by Gasteiger charge is -2.24. The Hall–Kier alpha value is -2.82. The van der Waals surface area contributed by atoms with Crippen molar-refractivity contribution in [3.05, 3.63) is 65.2 Å². The molecule has 0 aliphatic carbocycles. The number of hydrogen-bond donors (Lipinski definition) is 2. The van der Waals surface area contributed by atoms with E-state index in [-0.39, 0.29) is 5.91 Å². The Morgan fingerprint density at radius 2 is 1.70 bits per heavy atom. The van der Waals surface area contributed by atoms with Crippen LogP contribution in [0, 0.1) is 6.92 Å². The van der Waals surface area contributed by atoms with Crippen LogP contribution >= 0.6 is 0 Å². The van der Waals surface area contributed by atoms with Crippen molar-refractivity contribution in [2.24, 2.45) is 0 Å². The minimum Gasteiger partial charge on any atom is -0.444 e. The molecule has 0 aliphatic heterocycles. The van der Waals surface area contributed by atoms with E-state index in [0.29, 0.717) is 5.56 Å². The maximum Gasteiger partial charge on any atom is 0.408 e. The van der Waals surface area contributed by atoms with Crippen LogP contribution in [0.25, 0.3) is 0 Å². The summed E-state index contributed by atoms with van der Waals surface area (Å²) in [5, 5.41) is 5.68. The number of amides is 2. The molecule has 2 aromatic rings. The molecule has 2 N–H and O–H groups in total. The van der Waals surface area contributed by atoms with E-state index in [1.807, 2.05) is 50.2 Å². The zero-order valence-corrected chi connectivity index (χ0v) is 16.6. The van der Waals surface area contributed by atoms with Gasteiger partial charge in [0.2, 0.25) is 0 Å². The van der Waals surface area contributed by atoms with Crippen LogP contribution in [0.4, 0.5) is 10.5 Å². The Balaban J connectivity index is 2.28. The summed E-state index contributed by atoms with van der Waals surface area (Å²) in [6, 6.07) is 14.2. The molecule has 5 heteroatoms. The molecule has 2 amide bonds. The van der Waals surface area contributed by atoms with Gasteiger partial charge in [-0.15, -0.1) is 0 Å². The first-order chi connectivity index (χ1) is 12.7. The smallest absolute Gasteiger partial charge is 0.408 e. The number of hydrogen-bond acceptors (Lipinski definition) is 3. The number of carbonyl (C=O) groups excluding carboxylic acids is 2. The lowest BCUT2D eigenvalue weighted by Crippen LogP contribution is -2.40. The van der Waals surface area contributed by atoms with Crippen LogP contribution in [0.2, 0.25) is 0 Å². The quantitative estimate of drug-likeness (QED) is 0.799. The first-order valence-corrected chi connectivity index (χ1v) is 9.15. The SMILES string of the molecule is CCc1cccc(C)c1NC(=O)C(NC(=O)OC(C)(C)C)c1ccccc1. The molecule has 0 bridgehead atoms. The topological polar surface area (TPSA) is 67.4 Å². The number of nitrogens with one attached hydrogen (secondary N) is 2. The number of ether oxygens (including phenoxy) is 1. The highest BCUT2D eigenvalue weighted by Crippen LogP contribution is 2.24. The minimum atomic E-state index is -0.856. The summed E-state index contributed by atoms with van der Waals surface area (Å²) in [6.45, 7) is 9.34. The fraction of sp³-hybridized carbons (Fsp3) is 0.364. The van der Waals surface area contributed by atoms with Crippen molar-refractivity contribution in [2.45, 2.75) is 52.7 Å². The molecule has 144 valence electrons. The molecule has 1 unspecified atom stereocenters. The fourth-order valence-corrected chi connectivity index (χ4v) is 2.77. The third-order valence-corrected chi connectivity index (χ3v) is 4.04. The predicted molar refractivity (Wildman–Crippen MR) is 108 cm³/mol. The van der Waals surface area contributed by atoms with Crippen LogP contribution < -0.4 is 10.6 Å². The summed E-state index contributed by atoms with van der Waals surface area (Å²) in [5.41, 5.74) is 2.86. The van der Waals surface area contributed by atoms with Gasteiger partial charge in [0.15, 0.2) is 0 Å². The van der Waals surface area contributed by atoms with Gasteiger partial charge in [0, 0.05) is 5.69 Å². The number of rotatable bonds is 5. The van der Waals surface area contributed by atoms with Crippen LogP contribution in [0.1, 0.15) is 50.4 Å². The lowest BCUT2D eigenvalue weighted by atomic mass is 10.0. The molecule has 0 saturated heterocycles. The van der Waals surface area contributed by atoms with Gasteiger partial charge in [-0.3, -0.25) is 4.79 Å². The van der Waals surface area contributed by atoms with Crippen molar-refractivity contribution in [1.29, 1.82) is 0 Å². The Morgan fingerprint density at radius 1 is 1.04 bits per heavy atom. The molecular weight excluding hydrogens is 340 g/mol. The highest BCUT2D eigenvalue weighted by Gasteiger charge is 2.26. The van der Waals surface area contributed by atoms with Gasteiger partial charge in [0.05, 0.1) is 0 Å². The van der Waals surface area contributed by atoms with Crippen LogP contribution in [0.5, 0.6) is 0 Å². The Bertz CT molecular complexity index is 795. The molecule has 0 spiro atoms. The van der Waals surface area contributed by atoms with E-state index in [1.54, 1.807) is 32.9 Å². The van der Waals surface area contributed by atoms with E-state index >= 15 is 0 Å². The van der Waals surface area contributed by atoms with E-state index in [0.717, 1.165) is 23.2 Å². The molecule has 0 aromatic heterocycles. The normalized spacial score (nSPS) is 12.2. The molecule has 27 heavy (non-hydrogen) atoms. The van der Waals surface area contributed by atoms with Gasteiger partial charge < -0.3 is 15.4 Å². The predicted octanol–water partition coefficient (Wildman–Crippen LogP) is 4.76. The van der Waals surface area contributed by atoms with Crippen LogP contribution in [0.15, 0.2) is 48.5 Å². The molecule has 0 aliphatic rings. The van der Waals surface area contributed by atoms with Crippen LogP contribution in [-0.4, -0.2) is 17.6 Å². The Morgan fingerprint density at radius 3 is 2.30 bits per heavy atom. The zero-order valence-electron chi connectivity index (χ0n) is 16.6. The summed E-state index contributed by atoms with van der Waals surface area (Å²) in [4.78, 5) is 25.3. The van der Waals surface area contributed by atoms with Crippen molar-refractivity contribution in [3.8, 4) is 0 Å². The number of benzene rings is 2. The van der Waals surface area contributed by atoms with Crippen LogP contribution in [-0.2, 0) is 16.0 Å². The number of alkyl carbamates (subject to hydrolysis) is 1. The van der Waals surface area contributed by atoms with E-state index in [4.69, 9.17) is 4.74 Å². The highest BCUT2D eigenvalue weighted by molar-refractivity contribution is 5.98. The second-order valence-electron chi connectivity index (χ2n) is 7.44. The number of aryl methyl sites for hydroxylation is 2. The molecule has 0 radical (unpaired) electrons. The summed E-state index contributed by atoms with van der Waals surface area (Å²) >= 11 is 0. The van der Waals surface area contributed by atoms with Crippen molar-refractivity contribution >= 4 is 17.7 Å². The molecule has 5 nitrogen and oxygen atoms in total. The van der Waals surface area contributed by atoms with E-state index < -0.39 is 17.7 Å². The van der Waals surface area contributed by atoms with Crippen LogP contribution in [0.3, 0.4) is 0 Å². The zero-order chi connectivity index (χ0) is 20.0. The number of para-hydroxylation sites is 1. The molecule has 2 aromatic carbocycles. The van der Waals surface area contributed by atoms with E-state index in [9.17, 15) is 9.59 Å². The number of carbonyl (C=O) groups is 2. The summed E-state index contributed by atoms with van der Waals surface area (Å²) < 4.78 is 5.33. The van der Waals surface area contributed by atoms with Gasteiger partial charge in [-0.25, -0.2) is 4.79 Å². The molecular formula is C22H28N2O3. The summed E-state index contributed by atoms with van der Waals surface area (Å²) in [6.07, 6.45) is 0.166. The third kappa shape index (κ3) is 5.84. The first kappa shape index (κ1) is 20.5. The van der Waals surface area contributed by atoms with Crippen molar-refractivity contribution in [1.82, 2.24) is 5.32 Å². The fourth-order valence-electron chi connectivity index (χ4n) is 2.77. The largest absolute Gasteiger partial charge is 0.444 e. The minimum absolute atomic E-state index is 0.309. The van der Waals surface area contributed by atoms with Crippen molar-refractivity contribution < 1.29 is 14.3 Å². The van der Waals surface area contributed by atoms with E-state index in [2.05, 4.69) is 10.6 Å². The van der Waals surface area contributed by atoms with Gasteiger partial charge in [-0.05, 0) is 50.8 Å². The van der Waals surface area contributed by atoms with E-state index in [1.165, 1.54) is 0 Å². The molecule has 1 atom stereocenters. The van der Waals surface area contributed by atoms with Crippen molar-refractivity contribution in [3.63, 3.8) is 0 Å². The second kappa shape index (κ2) is 8.71. The molecule has 0 saturated carbocycles. The maximum absolute atomic E-state index is 13.1. The van der Waals surface area contributed by atoms with Gasteiger partial charge in [0.1, 0.15) is 11.6 Å². The van der Waals surface area contributed by atoms with Gasteiger partial charge in [0.25, 0.3) is 5.91 Å². The van der Waals surface area contributed by atoms with Crippen molar-refractivity contribution in [2.75, 3.05) is 5.32 Å².